The fourth-order valence-corrected chi connectivity index (χ4v) is 1.96. The average Bonchev–Trinajstić information content (AvgIpc) is 2.84. The highest BCUT2D eigenvalue weighted by molar-refractivity contribution is 5.93. The number of anilines is 1. The monoisotopic (exact) mass is 266 g/mol. The van der Waals surface area contributed by atoms with Crippen LogP contribution in [0.15, 0.2) is 18.2 Å². The summed E-state index contributed by atoms with van der Waals surface area (Å²) in [7, 11) is 3.11. The molecule has 0 aromatic heterocycles. The van der Waals surface area contributed by atoms with E-state index < -0.39 is 0 Å². The van der Waals surface area contributed by atoms with Gasteiger partial charge >= 0.3 is 0 Å². The largest absolute Gasteiger partial charge is 0.497 e. The maximum atomic E-state index is 12.1. The highest BCUT2D eigenvalue weighted by atomic mass is 16.5. The third-order valence-electron chi connectivity index (χ3n) is 3.08. The van der Waals surface area contributed by atoms with E-state index in [4.69, 9.17) is 19.9 Å². The van der Waals surface area contributed by atoms with Crippen LogP contribution < -0.4 is 20.5 Å². The highest BCUT2D eigenvalue weighted by Gasteiger charge is 2.31. The Hall–Kier alpha value is -1.79. The molecule has 1 saturated heterocycles. The molecule has 1 aromatic rings. The molecule has 104 valence electrons. The Kier molecular flexibility index (Phi) is 4.24. The average molecular weight is 266 g/mol. The molecule has 6 heteroatoms. The summed E-state index contributed by atoms with van der Waals surface area (Å²) in [6, 6.07) is 4.93. The van der Waals surface area contributed by atoms with Crippen molar-refractivity contribution in [3.05, 3.63) is 18.2 Å². The fraction of sp³-hybridized carbons (Fsp3) is 0.462. The van der Waals surface area contributed by atoms with Crippen LogP contribution in [0.3, 0.4) is 0 Å². The van der Waals surface area contributed by atoms with E-state index >= 15 is 0 Å². The fourth-order valence-electron chi connectivity index (χ4n) is 1.96. The lowest BCUT2D eigenvalue weighted by molar-refractivity contribution is -0.120. The second-order valence-corrected chi connectivity index (χ2v) is 4.40. The lowest BCUT2D eigenvalue weighted by Crippen LogP contribution is -2.37. The number of carbonyl (C=O) groups excluding carboxylic acids is 1. The molecule has 0 bridgehead atoms. The van der Waals surface area contributed by atoms with Crippen LogP contribution in [0.1, 0.15) is 0 Å². The Bertz CT molecular complexity index is 442. The molecule has 2 unspecified atom stereocenters. The van der Waals surface area contributed by atoms with E-state index in [1.165, 1.54) is 0 Å². The van der Waals surface area contributed by atoms with Gasteiger partial charge in [-0.3, -0.25) is 4.79 Å². The standard InChI is InChI=1S/C13H18N2O4/c1-17-9-3-8(4-10(5-9)18-2)15-13(16)11-6-19-7-12(11)14/h3-5,11-12H,6-7,14H2,1-2H3,(H,15,16). The molecule has 1 aliphatic rings. The van der Waals surface area contributed by atoms with Gasteiger partial charge in [0.25, 0.3) is 0 Å². The van der Waals surface area contributed by atoms with Crippen molar-refractivity contribution in [2.45, 2.75) is 6.04 Å². The zero-order chi connectivity index (χ0) is 13.8. The van der Waals surface area contributed by atoms with Gasteiger partial charge in [-0.1, -0.05) is 0 Å². The van der Waals surface area contributed by atoms with Crippen molar-refractivity contribution in [1.29, 1.82) is 0 Å². The Morgan fingerprint density at radius 3 is 2.37 bits per heavy atom. The smallest absolute Gasteiger partial charge is 0.231 e. The first-order chi connectivity index (χ1) is 9.13. The number of ether oxygens (including phenoxy) is 3. The molecule has 1 aliphatic heterocycles. The Balaban J connectivity index is 2.11. The maximum Gasteiger partial charge on any atom is 0.231 e. The normalized spacial score (nSPS) is 22.1. The summed E-state index contributed by atoms with van der Waals surface area (Å²) in [5, 5.41) is 2.80. The van der Waals surface area contributed by atoms with E-state index in [2.05, 4.69) is 5.32 Å². The molecule has 0 spiro atoms. The number of methoxy groups -OCH3 is 2. The Morgan fingerprint density at radius 1 is 1.26 bits per heavy atom. The van der Waals surface area contributed by atoms with E-state index in [0.29, 0.717) is 30.4 Å². The first-order valence-corrected chi connectivity index (χ1v) is 6.01. The van der Waals surface area contributed by atoms with Crippen LogP contribution in [0, 0.1) is 5.92 Å². The topological polar surface area (TPSA) is 82.8 Å². The van der Waals surface area contributed by atoms with Crippen molar-refractivity contribution in [1.82, 2.24) is 0 Å². The molecule has 19 heavy (non-hydrogen) atoms. The molecule has 1 aromatic carbocycles. The van der Waals surface area contributed by atoms with Gasteiger partial charge in [0, 0.05) is 29.9 Å². The van der Waals surface area contributed by atoms with E-state index in [1.54, 1.807) is 32.4 Å². The van der Waals surface area contributed by atoms with Gasteiger partial charge in [-0.05, 0) is 0 Å². The van der Waals surface area contributed by atoms with E-state index in [0.717, 1.165) is 0 Å². The first-order valence-electron chi connectivity index (χ1n) is 6.01. The minimum Gasteiger partial charge on any atom is -0.497 e. The number of benzene rings is 1. The molecule has 0 saturated carbocycles. The van der Waals surface area contributed by atoms with Crippen LogP contribution in [0.2, 0.25) is 0 Å². The minimum atomic E-state index is -0.322. The van der Waals surface area contributed by atoms with E-state index in [1.807, 2.05) is 0 Å². The predicted molar refractivity (Wildman–Crippen MR) is 70.5 cm³/mol. The number of nitrogens with one attached hydrogen (secondary N) is 1. The summed E-state index contributed by atoms with van der Waals surface area (Å²) in [5.74, 6) is 0.751. The van der Waals surface area contributed by atoms with Crippen molar-refractivity contribution >= 4 is 11.6 Å². The second-order valence-electron chi connectivity index (χ2n) is 4.40. The zero-order valence-corrected chi connectivity index (χ0v) is 11.0. The molecule has 2 rings (SSSR count). The number of nitrogens with two attached hydrogens (primary N) is 1. The molecular formula is C13H18N2O4. The molecule has 1 amide bonds. The van der Waals surface area contributed by atoms with Gasteiger partial charge in [0.15, 0.2) is 0 Å². The molecule has 0 aliphatic carbocycles. The van der Waals surface area contributed by atoms with Crippen molar-refractivity contribution in [2.75, 3.05) is 32.8 Å². The van der Waals surface area contributed by atoms with Gasteiger partial charge < -0.3 is 25.3 Å². The molecule has 1 heterocycles. The SMILES string of the molecule is COc1cc(NC(=O)C2COCC2N)cc(OC)c1. The lowest BCUT2D eigenvalue weighted by atomic mass is 10.0. The first kappa shape index (κ1) is 13.6. The van der Waals surface area contributed by atoms with Crippen LogP contribution in [0.4, 0.5) is 5.69 Å². The van der Waals surface area contributed by atoms with Gasteiger partial charge in [-0.2, -0.15) is 0 Å². The summed E-state index contributed by atoms with van der Waals surface area (Å²) >= 11 is 0. The second kappa shape index (κ2) is 5.90. The quantitative estimate of drug-likeness (QED) is 0.834. The van der Waals surface area contributed by atoms with Crippen molar-refractivity contribution in [2.24, 2.45) is 11.7 Å². The third-order valence-corrected chi connectivity index (χ3v) is 3.08. The lowest BCUT2D eigenvalue weighted by Gasteiger charge is -2.14. The van der Waals surface area contributed by atoms with Crippen LogP contribution >= 0.6 is 0 Å². The zero-order valence-electron chi connectivity index (χ0n) is 11.0. The van der Waals surface area contributed by atoms with Gasteiger partial charge in [0.05, 0.1) is 33.4 Å². The van der Waals surface area contributed by atoms with Crippen LogP contribution in [0.25, 0.3) is 0 Å². The third kappa shape index (κ3) is 3.15. The number of amides is 1. The maximum absolute atomic E-state index is 12.1. The number of hydrogen-bond donors (Lipinski definition) is 2. The van der Waals surface area contributed by atoms with Gasteiger partial charge in [0.2, 0.25) is 5.91 Å². The summed E-state index contributed by atoms with van der Waals surface area (Å²) in [5.41, 5.74) is 6.42. The van der Waals surface area contributed by atoms with E-state index in [-0.39, 0.29) is 17.9 Å². The molecule has 3 N–H and O–H groups in total. The molecule has 2 atom stereocenters. The van der Waals surface area contributed by atoms with Crippen molar-refractivity contribution in [3.8, 4) is 11.5 Å². The predicted octanol–water partition coefficient (Wildman–Crippen LogP) is 0.616. The molecule has 0 radical (unpaired) electrons. The molecule has 6 nitrogen and oxygen atoms in total. The summed E-state index contributed by atoms with van der Waals surface area (Å²) in [4.78, 5) is 12.1. The number of carbonyl (C=O) groups is 1. The number of rotatable bonds is 4. The molecular weight excluding hydrogens is 248 g/mol. The van der Waals surface area contributed by atoms with Crippen LogP contribution in [-0.2, 0) is 9.53 Å². The van der Waals surface area contributed by atoms with Gasteiger partial charge in [-0.25, -0.2) is 0 Å². The van der Waals surface area contributed by atoms with Crippen molar-refractivity contribution < 1.29 is 19.0 Å². The Labute approximate surface area is 111 Å². The van der Waals surface area contributed by atoms with E-state index in [9.17, 15) is 4.79 Å². The number of hydrogen-bond acceptors (Lipinski definition) is 5. The van der Waals surface area contributed by atoms with Crippen LogP contribution in [-0.4, -0.2) is 39.4 Å². The van der Waals surface area contributed by atoms with Crippen molar-refractivity contribution in [3.63, 3.8) is 0 Å². The minimum absolute atomic E-state index is 0.152. The Morgan fingerprint density at radius 2 is 1.89 bits per heavy atom. The molecule has 1 fully saturated rings. The highest BCUT2D eigenvalue weighted by Crippen LogP contribution is 2.26. The van der Waals surface area contributed by atoms with Crippen LogP contribution in [0.5, 0.6) is 11.5 Å². The van der Waals surface area contributed by atoms with Gasteiger partial charge in [0.1, 0.15) is 11.5 Å². The summed E-state index contributed by atoms with van der Waals surface area (Å²) in [6.45, 7) is 0.771. The summed E-state index contributed by atoms with van der Waals surface area (Å²) in [6.07, 6.45) is 0. The summed E-state index contributed by atoms with van der Waals surface area (Å²) < 4.78 is 15.5. The van der Waals surface area contributed by atoms with Gasteiger partial charge in [-0.15, -0.1) is 0 Å².